The molecule has 2 aromatic carbocycles. The molecule has 0 aliphatic carbocycles. The number of para-hydroxylation sites is 1. The zero-order valence-corrected chi connectivity index (χ0v) is 17.3. The Morgan fingerprint density at radius 3 is 2.55 bits per heavy atom. The number of carbonyl (C=O) groups excluding carboxylic acids is 1. The van der Waals surface area contributed by atoms with E-state index in [4.69, 9.17) is 4.74 Å². The molecule has 0 aliphatic rings. The third kappa shape index (κ3) is 5.44. The number of benzene rings is 2. The molecule has 152 valence electrons. The highest BCUT2D eigenvalue weighted by molar-refractivity contribution is 5.91. The summed E-state index contributed by atoms with van der Waals surface area (Å²) in [6.07, 6.45) is 3.38. The third-order valence-corrected chi connectivity index (χ3v) is 4.83. The average molecular weight is 393 g/mol. The number of nitrogens with zero attached hydrogens (tertiary/aromatic N) is 3. The second-order valence-electron chi connectivity index (χ2n) is 7.00. The predicted molar refractivity (Wildman–Crippen MR) is 117 cm³/mol. The number of fused-ring (bicyclic) bond motifs is 1. The zero-order chi connectivity index (χ0) is 20.6. The van der Waals surface area contributed by atoms with Crippen LogP contribution in [0.4, 0.5) is 11.5 Å². The highest BCUT2D eigenvalue weighted by Crippen LogP contribution is 2.29. The van der Waals surface area contributed by atoms with E-state index < -0.39 is 0 Å². The van der Waals surface area contributed by atoms with Crippen molar-refractivity contribution in [1.82, 2.24) is 15.3 Å². The Morgan fingerprint density at radius 2 is 1.79 bits per heavy atom. The minimum Gasteiger partial charge on any atom is -0.494 e. The van der Waals surface area contributed by atoms with Gasteiger partial charge in [-0.05, 0) is 62.6 Å². The van der Waals surface area contributed by atoms with Crippen LogP contribution in [0, 0.1) is 6.92 Å². The molecule has 0 saturated heterocycles. The number of hydrogen-bond acceptors (Lipinski definition) is 5. The van der Waals surface area contributed by atoms with E-state index >= 15 is 0 Å². The minimum absolute atomic E-state index is 0.0947. The fourth-order valence-electron chi connectivity index (χ4n) is 3.20. The highest BCUT2D eigenvalue weighted by atomic mass is 16.5. The molecule has 1 heterocycles. The van der Waals surface area contributed by atoms with Crippen LogP contribution < -0.4 is 15.0 Å². The van der Waals surface area contributed by atoms with Gasteiger partial charge in [-0.1, -0.05) is 12.1 Å². The molecule has 1 aromatic heterocycles. The number of aromatic nitrogens is 2. The highest BCUT2D eigenvalue weighted by Gasteiger charge is 2.12. The molecule has 3 aromatic rings. The Balaban J connectivity index is 1.58. The van der Waals surface area contributed by atoms with E-state index in [1.165, 1.54) is 0 Å². The van der Waals surface area contributed by atoms with Crippen LogP contribution >= 0.6 is 0 Å². The SMILES string of the molecule is CNC(=O)CCCCCOc1ccc(N(C)c2nc(C)nc3ccccc23)cc1. The smallest absolute Gasteiger partial charge is 0.219 e. The molecule has 0 unspecified atom stereocenters. The van der Waals surface area contributed by atoms with Gasteiger partial charge in [0.15, 0.2) is 0 Å². The quantitative estimate of drug-likeness (QED) is 0.547. The summed E-state index contributed by atoms with van der Waals surface area (Å²) in [7, 11) is 3.68. The molecule has 1 amide bonds. The average Bonchev–Trinajstić information content (AvgIpc) is 2.75. The number of anilines is 2. The molecule has 3 rings (SSSR count). The second kappa shape index (κ2) is 9.87. The van der Waals surface area contributed by atoms with Crippen molar-refractivity contribution >= 4 is 28.3 Å². The fraction of sp³-hybridized carbons (Fsp3) is 0.348. The monoisotopic (exact) mass is 392 g/mol. The van der Waals surface area contributed by atoms with Gasteiger partial charge in [0.05, 0.1) is 12.1 Å². The maximum Gasteiger partial charge on any atom is 0.219 e. The molecule has 0 spiro atoms. The van der Waals surface area contributed by atoms with Crippen LogP contribution in [0.15, 0.2) is 48.5 Å². The van der Waals surface area contributed by atoms with Gasteiger partial charge in [0, 0.05) is 31.6 Å². The van der Waals surface area contributed by atoms with Crippen LogP contribution in [0.2, 0.25) is 0 Å². The van der Waals surface area contributed by atoms with E-state index in [-0.39, 0.29) is 5.91 Å². The van der Waals surface area contributed by atoms with Crippen LogP contribution in [0.3, 0.4) is 0 Å². The molecule has 0 bridgehead atoms. The number of hydrogen-bond donors (Lipinski definition) is 1. The fourth-order valence-corrected chi connectivity index (χ4v) is 3.20. The predicted octanol–water partition coefficient (Wildman–Crippen LogP) is 4.39. The van der Waals surface area contributed by atoms with Gasteiger partial charge in [0.1, 0.15) is 17.4 Å². The molecule has 29 heavy (non-hydrogen) atoms. The lowest BCUT2D eigenvalue weighted by molar-refractivity contribution is -0.120. The summed E-state index contributed by atoms with van der Waals surface area (Å²) in [5.74, 6) is 2.58. The first-order chi connectivity index (χ1) is 14.1. The summed E-state index contributed by atoms with van der Waals surface area (Å²) in [4.78, 5) is 22.4. The van der Waals surface area contributed by atoms with Gasteiger partial charge in [-0.15, -0.1) is 0 Å². The Kier molecular flexibility index (Phi) is 7.00. The number of ether oxygens (including phenoxy) is 1. The Labute approximate surface area is 171 Å². The topological polar surface area (TPSA) is 67.3 Å². The molecule has 0 aliphatic heterocycles. The number of amides is 1. The second-order valence-corrected chi connectivity index (χ2v) is 7.00. The summed E-state index contributed by atoms with van der Waals surface area (Å²) >= 11 is 0. The van der Waals surface area contributed by atoms with Crippen LogP contribution in [0.1, 0.15) is 31.5 Å². The summed E-state index contributed by atoms with van der Waals surface area (Å²) in [5.41, 5.74) is 1.98. The number of rotatable bonds is 9. The van der Waals surface area contributed by atoms with E-state index in [1.54, 1.807) is 7.05 Å². The van der Waals surface area contributed by atoms with Gasteiger partial charge in [0.2, 0.25) is 5.91 Å². The maximum absolute atomic E-state index is 11.2. The molecule has 0 radical (unpaired) electrons. The Bertz CT molecular complexity index is 957. The first-order valence-corrected chi connectivity index (χ1v) is 9.99. The standard InChI is InChI=1S/C23H28N4O2/c1-17-25-21-10-7-6-9-20(21)23(26-17)27(3)18-12-14-19(15-13-18)29-16-8-4-5-11-22(28)24-2/h6-7,9-10,12-15H,4-5,8,11,16H2,1-3H3,(H,24,28). The molecular weight excluding hydrogens is 364 g/mol. The number of carbonyl (C=O) groups is 1. The van der Waals surface area contributed by atoms with Gasteiger partial charge >= 0.3 is 0 Å². The van der Waals surface area contributed by atoms with Crippen molar-refractivity contribution in [2.75, 3.05) is 25.6 Å². The first kappa shape index (κ1) is 20.6. The van der Waals surface area contributed by atoms with E-state index in [1.807, 2.05) is 62.5 Å². The van der Waals surface area contributed by atoms with Crippen molar-refractivity contribution in [3.05, 3.63) is 54.4 Å². The summed E-state index contributed by atoms with van der Waals surface area (Å²) in [5, 5.41) is 3.66. The van der Waals surface area contributed by atoms with Gasteiger partial charge in [-0.25, -0.2) is 9.97 Å². The van der Waals surface area contributed by atoms with Gasteiger partial charge in [0.25, 0.3) is 0 Å². The van der Waals surface area contributed by atoms with Crippen LogP contribution in [-0.4, -0.2) is 36.6 Å². The lowest BCUT2D eigenvalue weighted by Gasteiger charge is -2.20. The van der Waals surface area contributed by atoms with E-state index in [2.05, 4.69) is 20.2 Å². The molecular formula is C23H28N4O2. The number of unbranched alkanes of at least 4 members (excludes halogenated alkanes) is 2. The van der Waals surface area contributed by atoms with E-state index in [0.717, 1.165) is 53.2 Å². The lowest BCUT2D eigenvalue weighted by atomic mass is 10.2. The third-order valence-electron chi connectivity index (χ3n) is 4.83. The molecule has 6 nitrogen and oxygen atoms in total. The van der Waals surface area contributed by atoms with E-state index in [9.17, 15) is 4.79 Å². The van der Waals surface area contributed by atoms with Crippen molar-refractivity contribution in [3.63, 3.8) is 0 Å². The Hall–Kier alpha value is -3.15. The van der Waals surface area contributed by atoms with Gasteiger partial charge in [-0.3, -0.25) is 4.79 Å². The molecule has 0 fully saturated rings. The lowest BCUT2D eigenvalue weighted by Crippen LogP contribution is -2.16. The van der Waals surface area contributed by atoms with Crippen LogP contribution in [0.5, 0.6) is 5.75 Å². The summed E-state index contributed by atoms with van der Waals surface area (Å²) in [6.45, 7) is 2.56. The first-order valence-electron chi connectivity index (χ1n) is 9.99. The molecule has 0 saturated carbocycles. The maximum atomic E-state index is 11.2. The van der Waals surface area contributed by atoms with Gasteiger partial charge in [-0.2, -0.15) is 0 Å². The molecule has 0 atom stereocenters. The van der Waals surface area contributed by atoms with Gasteiger partial charge < -0.3 is 15.0 Å². The van der Waals surface area contributed by atoms with Crippen molar-refractivity contribution in [2.24, 2.45) is 0 Å². The molecule has 6 heteroatoms. The normalized spacial score (nSPS) is 10.7. The van der Waals surface area contributed by atoms with Crippen LogP contribution in [0.25, 0.3) is 10.9 Å². The minimum atomic E-state index is 0.0947. The summed E-state index contributed by atoms with van der Waals surface area (Å²) in [6, 6.07) is 16.1. The van der Waals surface area contributed by atoms with Crippen molar-refractivity contribution < 1.29 is 9.53 Å². The van der Waals surface area contributed by atoms with Crippen molar-refractivity contribution in [1.29, 1.82) is 0 Å². The molecule has 1 N–H and O–H groups in total. The van der Waals surface area contributed by atoms with Crippen molar-refractivity contribution in [3.8, 4) is 5.75 Å². The van der Waals surface area contributed by atoms with Crippen LogP contribution in [-0.2, 0) is 4.79 Å². The Morgan fingerprint density at radius 1 is 1.03 bits per heavy atom. The van der Waals surface area contributed by atoms with Crippen molar-refractivity contribution in [2.45, 2.75) is 32.6 Å². The summed E-state index contributed by atoms with van der Waals surface area (Å²) < 4.78 is 5.82. The number of nitrogens with one attached hydrogen (secondary N) is 1. The largest absolute Gasteiger partial charge is 0.494 e. The zero-order valence-electron chi connectivity index (χ0n) is 17.3. The van der Waals surface area contributed by atoms with E-state index in [0.29, 0.717) is 13.0 Å². The number of aryl methyl sites for hydroxylation is 1.